The maximum atomic E-state index is 12.3. The van der Waals surface area contributed by atoms with E-state index in [1.165, 1.54) is 11.0 Å². The summed E-state index contributed by atoms with van der Waals surface area (Å²) in [4.78, 5) is 24.8. The molecule has 0 fully saturated rings. The molecule has 10 heteroatoms. The number of nitrogens with zero attached hydrogens (tertiary/aromatic N) is 5. The van der Waals surface area contributed by atoms with Crippen LogP contribution in [0.5, 0.6) is 0 Å². The highest BCUT2D eigenvalue weighted by atomic mass is 79.9. The minimum atomic E-state index is -0.424. The van der Waals surface area contributed by atoms with E-state index < -0.39 is 6.04 Å². The number of carbonyl (C=O) groups is 1. The second-order valence-corrected chi connectivity index (χ2v) is 6.74. The quantitative estimate of drug-likeness (QED) is 0.650. The van der Waals surface area contributed by atoms with Crippen LogP contribution in [0.2, 0.25) is 5.02 Å². The SMILES string of the molecule is Cc1cc(Br)c(Cl)cc1NC(=O)NC(C)c1ncnn1-c1ncccn1. The van der Waals surface area contributed by atoms with E-state index in [-0.39, 0.29) is 6.03 Å². The zero-order valence-electron chi connectivity index (χ0n) is 13.9. The molecule has 8 nitrogen and oxygen atoms in total. The van der Waals surface area contributed by atoms with E-state index in [1.807, 2.05) is 13.0 Å². The summed E-state index contributed by atoms with van der Waals surface area (Å²) in [6.07, 6.45) is 4.61. The number of aryl methyl sites for hydroxylation is 1. The van der Waals surface area contributed by atoms with Gasteiger partial charge in [-0.05, 0) is 53.5 Å². The summed E-state index contributed by atoms with van der Waals surface area (Å²) in [7, 11) is 0. The smallest absolute Gasteiger partial charge is 0.319 e. The first kappa shape index (κ1) is 18.3. The topological polar surface area (TPSA) is 97.6 Å². The minimum Gasteiger partial charge on any atom is -0.328 e. The highest BCUT2D eigenvalue weighted by Gasteiger charge is 2.18. The van der Waals surface area contributed by atoms with Crippen LogP contribution in [-0.4, -0.2) is 30.8 Å². The number of rotatable bonds is 4. The molecule has 1 aromatic carbocycles. The van der Waals surface area contributed by atoms with Gasteiger partial charge in [0, 0.05) is 22.6 Å². The molecule has 3 aromatic rings. The van der Waals surface area contributed by atoms with Crippen molar-refractivity contribution < 1.29 is 4.79 Å². The second-order valence-electron chi connectivity index (χ2n) is 5.48. The Morgan fingerprint density at radius 2 is 2.00 bits per heavy atom. The van der Waals surface area contributed by atoms with Crippen molar-refractivity contribution in [2.24, 2.45) is 0 Å². The van der Waals surface area contributed by atoms with Gasteiger partial charge in [0.05, 0.1) is 11.1 Å². The summed E-state index contributed by atoms with van der Waals surface area (Å²) >= 11 is 9.44. The Balaban J connectivity index is 1.73. The number of aromatic nitrogens is 5. The monoisotopic (exact) mass is 435 g/mol. The van der Waals surface area contributed by atoms with Crippen molar-refractivity contribution in [2.45, 2.75) is 19.9 Å². The van der Waals surface area contributed by atoms with E-state index in [4.69, 9.17) is 11.6 Å². The largest absolute Gasteiger partial charge is 0.328 e. The Labute approximate surface area is 163 Å². The zero-order valence-corrected chi connectivity index (χ0v) is 16.3. The number of hydrogen-bond acceptors (Lipinski definition) is 5. The summed E-state index contributed by atoms with van der Waals surface area (Å²) in [6.45, 7) is 3.67. The van der Waals surface area contributed by atoms with E-state index >= 15 is 0 Å². The highest BCUT2D eigenvalue weighted by Crippen LogP contribution is 2.29. The van der Waals surface area contributed by atoms with Gasteiger partial charge in [-0.2, -0.15) is 9.78 Å². The van der Waals surface area contributed by atoms with Crippen molar-refractivity contribution in [2.75, 3.05) is 5.32 Å². The van der Waals surface area contributed by atoms with Crippen molar-refractivity contribution >= 4 is 39.2 Å². The molecule has 0 saturated heterocycles. The molecule has 1 unspecified atom stereocenters. The molecule has 2 heterocycles. The lowest BCUT2D eigenvalue weighted by molar-refractivity contribution is 0.248. The molecule has 2 amide bonds. The van der Waals surface area contributed by atoms with Crippen LogP contribution < -0.4 is 10.6 Å². The van der Waals surface area contributed by atoms with Crippen LogP contribution in [0.3, 0.4) is 0 Å². The summed E-state index contributed by atoms with van der Waals surface area (Å²) in [6, 6.07) is 4.42. The number of hydrogen-bond donors (Lipinski definition) is 2. The molecule has 0 spiro atoms. The van der Waals surface area contributed by atoms with Crippen molar-refractivity contribution in [1.29, 1.82) is 0 Å². The fraction of sp³-hybridized carbons (Fsp3) is 0.188. The van der Waals surface area contributed by atoms with Gasteiger partial charge in [0.25, 0.3) is 5.95 Å². The Hall–Kier alpha value is -2.52. The average molecular weight is 437 g/mol. The van der Waals surface area contributed by atoms with Crippen LogP contribution in [0, 0.1) is 6.92 Å². The first-order chi connectivity index (χ1) is 12.5. The number of benzene rings is 1. The third-order valence-corrected chi connectivity index (χ3v) is 4.76. The Bertz CT molecular complexity index is 932. The molecule has 134 valence electrons. The molecule has 0 aliphatic carbocycles. The molecule has 26 heavy (non-hydrogen) atoms. The Morgan fingerprint density at radius 3 is 2.73 bits per heavy atom. The van der Waals surface area contributed by atoms with E-state index in [2.05, 4.69) is 46.6 Å². The molecule has 0 saturated carbocycles. The molecular formula is C16H15BrClN7O. The van der Waals surface area contributed by atoms with Crippen LogP contribution in [0.4, 0.5) is 10.5 Å². The van der Waals surface area contributed by atoms with E-state index in [0.29, 0.717) is 22.5 Å². The van der Waals surface area contributed by atoms with Crippen LogP contribution in [0.1, 0.15) is 24.4 Å². The lowest BCUT2D eigenvalue weighted by Gasteiger charge is -2.16. The number of carbonyl (C=O) groups excluding carboxylic acids is 1. The lowest BCUT2D eigenvalue weighted by Crippen LogP contribution is -2.33. The van der Waals surface area contributed by atoms with E-state index in [9.17, 15) is 4.79 Å². The van der Waals surface area contributed by atoms with Crippen LogP contribution in [0.15, 0.2) is 41.4 Å². The van der Waals surface area contributed by atoms with Gasteiger partial charge >= 0.3 is 6.03 Å². The molecule has 2 N–H and O–H groups in total. The van der Waals surface area contributed by atoms with Crippen molar-refractivity contribution in [1.82, 2.24) is 30.0 Å². The average Bonchev–Trinajstić information content (AvgIpc) is 3.10. The minimum absolute atomic E-state index is 0.379. The van der Waals surface area contributed by atoms with Crippen molar-refractivity contribution in [3.8, 4) is 5.95 Å². The first-order valence-corrected chi connectivity index (χ1v) is 8.83. The number of halogens is 2. The van der Waals surface area contributed by atoms with Gasteiger partial charge in [-0.25, -0.2) is 19.7 Å². The van der Waals surface area contributed by atoms with Crippen LogP contribution in [0.25, 0.3) is 5.95 Å². The van der Waals surface area contributed by atoms with Crippen molar-refractivity contribution in [3.05, 3.63) is 57.8 Å². The molecular weight excluding hydrogens is 422 g/mol. The third-order valence-electron chi connectivity index (χ3n) is 3.57. The molecule has 2 aromatic heterocycles. The van der Waals surface area contributed by atoms with Crippen molar-refractivity contribution in [3.63, 3.8) is 0 Å². The fourth-order valence-corrected chi connectivity index (χ4v) is 2.92. The zero-order chi connectivity index (χ0) is 18.7. The predicted molar refractivity (Wildman–Crippen MR) is 101 cm³/mol. The fourth-order valence-electron chi connectivity index (χ4n) is 2.30. The maximum Gasteiger partial charge on any atom is 0.319 e. The summed E-state index contributed by atoms with van der Waals surface area (Å²) < 4.78 is 2.25. The highest BCUT2D eigenvalue weighted by molar-refractivity contribution is 9.10. The number of anilines is 1. The van der Waals surface area contributed by atoms with Crippen LogP contribution >= 0.6 is 27.5 Å². The number of urea groups is 1. The lowest BCUT2D eigenvalue weighted by atomic mass is 10.2. The summed E-state index contributed by atoms with van der Waals surface area (Å²) in [5.74, 6) is 0.890. The van der Waals surface area contributed by atoms with Gasteiger partial charge in [-0.15, -0.1) is 0 Å². The van der Waals surface area contributed by atoms with Crippen LogP contribution in [-0.2, 0) is 0 Å². The van der Waals surface area contributed by atoms with Gasteiger partial charge in [-0.1, -0.05) is 11.6 Å². The number of amides is 2. The van der Waals surface area contributed by atoms with Gasteiger partial charge in [-0.3, -0.25) is 0 Å². The standard InChI is InChI=1S/C16H15BrClN7O/c1-9-6-11(17)12(18)7-13(9)24-16(26)23-10(2)14-21-8-22-25(14)15-19-4-3-5-20-15/h3-8,10H,1-2H3,(H2,23,24,26). The molecule has 3 rings (SSSR count). The van der Waals surface area contributed by atoms with E-state index in [0.717, 1.165) is 10.0 Å². The van der Waals surface area contributed by atoms with Gasteiger partial charge in [0.1, 0.15) is 6.33 Å². The van der Waals surface area contributed by atoms with Gasteiger partial charge in [0.15, 0.2) is 5.82 Å². The predicted octanol–water partition coefficient (Wildman–Crippen LogP) is 3.66. The Kier molecular flexibility index (Phi) is 5.48. The number of nitrogens with one attached hydrogen (secondary N) is 2. The maximum absolute atomic E-state index is 12.3. The molecule has 0 bridgehead atoms. The Morgan fingerprint density at radius 1 is 1.27 bits per heavy atom. The molecule has 0 radical (unpaired) electrons. The normalized spacial score (nSPS) is 11.8. The summed E-state index contributed by atoms with van der Waals surface area (Å²) in [5, 5.41) is 10.2. The van der Waals surface area contributed by atoms with Gasteiger partial charge < -0.3 is 10.6 Å². The second kappa shape index (κ2) is 7.79. The van der Waals surface area contributed by atoms with E-state index in [1.54, 1.807) is 31.5 Å². The summed E-state index contributed by atoms with van der Waals surface area (Å²) in [5.41, 5.74) is 1.50. The molecule has 0 aliphatic heterocycles. The molecule has 1 atom stereocenters. The first-order valence-electron chi connectivity index (χ1n) is 7.66. The molecule has 0 aliphatic rings. The third kappa shape index (κ3) is 4.00. The van der Waals surface area contributed by atoms with Gasteiger partial charge in [0.2, 0.25) is 0 Å².